The highest BCUT2D eigenvalue weighted by atomic mass is 14.6. The van der Waals surface area contributed by atoms with Crippen LogP contribution in [0.2, 0.25) is 0 Å². The van der Waals surface area contributed by atoms with Crippen molar-refractivity contribution in [3.63, 3.8) is 0 Å². The van der Waals surface area contributed by atoms with E-state index in [1.807, 2.05) is 0 Å². The van der Waals surface area contributed by atoms with Gasteiger partial charge in [0.05, 0.1) is 0 Å². The first-order chi connectivity index (χ1) is 7.85. The molecule has 0 aromatic carbocycles. The van der Waals surface area contributed by atoms with Crippen LogP contribution in [0.4, 0.5) is 0 Å². The molecule has 3 aliphatic rings. The lowest BCUT2D eigenvalue weighted by atomic mass is 9.72. The fourth-order valence-corrected chi connectivity index (χ4v) is 5.67. The normalized spacial score (nSPS) is 49.9. The van der Waals surface area contributed by atoms with Crippen molar-refractivity contribution in [3.05, 3.63) is 0 Å². The lowest BCUT2D eigenvalue weighted by Crippen LogP contribution is -2.28. The van der Waals surface area contributed by atoms with Crippen LogP contribution in [-0.4, -0.2) is 6.54 Å². The Labute approximate surface area is 100 Å². The van der Waals surface area contributed by atoms with Gasteiger partial charge >= 0.3 is 0 Å². The maximum absolute atomic E-state index is 5.75. The first-order valence-corrected chi connectivity index (χ1v) is 7.55. The van der Waals surface area contributed by atoms with Gasteiger partial charge in [-0.2, -0.15) is 0 Å². The second-order valence-corrected chi connectivity index (χ2v) is 6.60. The smallest absolute Gasteiger partial charge is 0.00745 e. The maximum Gasteiger partial charge on any atom is -0.00745 e. The first-order valence-electron chi connectivity index (χ1n) is 7.55. The van der Waals surface area contributed by atoms with Crippen molar-refractivity contribution in [1.29, 1.82) is 0 Å². The molecule has 2 N–H and O–H groups in total. The fourth-order valence-electron chi connectivity index (χ4n) is 5.67. The van der Waals surface area contributed by atoms with Crippen LogP contribution in [0.5, 0.6) is 0 Å². The summed E-state index contributed by atoms with van der Waals surface area (Å²) < 4.78 is 0. The average Bonchev–Trinajstić information content (AvgIpc) is 2.90. The Morgan fingerprint density at radius 3 is 2.62 bits per heavy atom. The van der Waals surface area contributed by atoms with Gasteiger partial charge in [0, 0.05) is 0 Å². The molecule has 16 heavy (non-hydrogen) atoms. The Morgan fingerprint density at radius 1 is 1.00 bits per heavy atom. The van der Waals surface area contributed by atoms with Gasteiger partial charge in [-0.3, -0.25) is 0 Å². The van der Waals surface area contributed by atoms with Crippen LogP contribution in [0.3, 0.4) is 0 Å². The fraction of sp³-hybridized carbons (Fsp3) is 1.00. The van der Waals surface area contributed by atoms with Crippen molar-refractivity contribution in [2.24, 2.45) is 41.2 Å². The standard InChI is InChI=1S/C15H27N/c1-2-3-10-4-5-13-14-9-12(15(10)13)8-11(14)6-7-16/h10-15H,2-9,16H2,1H3. The van der Waals surface area contributed by atoms with Gasteiger partial charge in [-0.15, -0.1) is 0 Å². The number of nitrogens with two attached hydrogens (primary N) is 1. The van der Waals surface area contributed by atoms with E-state index in [-0.39, 0.29) is 0 Å². The third-order valence-electron chi connectivity index (χ3n) is 5.99. The van der Waals surface area contributed by atoms with Crippen LogP contribution >= 0.6 is 0 Å². The van der Waals surface area contributed by atoms with E-state index in [4.69, 9.17) is 5.73 Å². The van der Waals surface area contributed by atoms with Crippen LogP contribution in [0.25, 0.3) is 0 Å². The predicted octanol–water partition coefficient (Wildman–Crippen LogP) is 3.43. The molecule has 0 aliphatic heterocycles. The van der Waals surface area contributed by atoms with Gasteiger partial charge < -0.3 is 5.73 Å². The summed E-state index contributed by atoms with van der Waals surface area (Å²) in [5, 5.41) is 0. The maximum atomic E-state index is 5.75. The molecule has 0 radical (unpaired) electrons. The summed E-state index contributed by atoms with van der Waals surface area (Å²) in [7, 11) is 0. The van der Waals surface area contributed by atoms with Crippen LogP contribution in [0.1, 0.15) is 51.9 Å². The van der Waals surface area contributed by atoms with Gasteiger partial charge in [-0.05, 0) is 74.2 Å². The zero-order valence-corrected chi connectivity index (χ0v) is 10.7. The Kier molecular flexibility index (Phi) is 2.99. The molecule has 92 valence electrons. The Bertz CT molecular complexity index is 250. The van der Waals surface area contributed by atoms with Crippen molar-refractivity contribution in [1.82, 2.24) is 0 Å². The summed E-state index contributed by atoms with van der Waals surface area (Å²) in [6.07, 6.45) is 10.4. The lowest BCUT2D eigenvalue weighted by Gasteiger charge is -2.34. The summed E-state index contributed by atoms with van der Waals surface area (Å²) >= 11 is 0. The molecule has 0 aromatic rings. The monoisotopic (exact) mass is 221 g/mol. The van der Waals surface area contributed by atoms with Crippen molar-refractivity contribution < 1.29 is 0 Å². The molecule has 1 nitrogen and oxygen atoms in total. The summed E-state index contributed by atoms with van der Waals surface area (Å²) in [6, 6.07) is 0. The largest absolute Gasteiger partial charge is 0.330 e. The molecule has 0 heterocycles. The van der Waals surface area contributed by atoms with Crippen molar-refractivity contribution in [2.75, 3.05) is 6.54 Å². The van der Waals surface area contributed by atoms with E-state index in [2.05, 4.69) is 6.92 Å². The van der Waals surface area contributed by atoms with E-state index in [9.17, 15) is 0 Å². The molecule has 1 heteroatoms. The zero-order chi connectivity index (χ0) is 11.1. The quantitative estimate of drug-likeness (QED) is 0.773. The van der Waals surface area contributed by atoms with E-state index in [0.29, 0.717) is 0 Å². The molecule has 3 aliphatic carbocycles. The molecule has 3 rings (SSSR count). The highest BCUT2D eigenvalue weighted by Gasteiger charge is 2.56. The second-order valence-electron chi connectivity index (χ2n) is 6.60. The van der Waals surface area contributed by atoms with Gasteiger partial charge in [0.2, 0.25) is 0 Å². The predicted molar refractivity (Wildman–Crippen MR) is 68.0 cm³/mol. The van der Waals surface area contributed by atoms with Crippen LogP contribution < -0.4 is 5.73 Å². The zero-order valence-electron chi connectivity index (χ0n) is 10.7. The minimum absolute atomic E-state index is 0.920. The SMILES string of the molecule is CCCC1CCC2C3CC(CC3CCN)C12. The molecule has 0 aromatic heterocycles. The summed E-state index contributed by atoms with van der Waals surface area (Å²) in [5.74, 6) is 6.55. The summed E-state index contributed by atoms with van der Waals surface area (Å²) in [5.41, 5.74) is 5.75. The van der Waals surface area contributed by atoms with E-state index in [1.165, 1.54) is 25.7 Å². The van der Waals surface area contributed by atoms with E-state index in [1.54, 1.807) is 19.3 Å². The van der Waals surface area contributed by atoms with Crippen LogP contribution in [0.15, 0.2) is 0 Å². The third-order valence-corrected chi connectivity index (χ3v) is 5.99. The molecular formula is C15H27N. The molecule has 6 unspecified atom stereocenters. The van der Waals surface area contributed by atoms with E-state index >= 15 is 0 Å². The number of hydrogen-bond donors (Lipinski definition) is 1. The molecular weight excluding hydrogens is 194 g/mol. The van der Waals surface area contributed by atoms with E-state index in [0.717, 1.165) is 42.1 Å². The molecule has 3 fully saturated rings. The highest BCUT2D eigenvalue weighted by molar-refractivity contribution is 5.05. The van der Waals surface area contributed by atoms with Crippen LogP contribution in [-0.2, 0) is 0 Å². The molecule has 0 saturated heterocycles. The second kappa shape index (κ2) is 4.33. The molecule has 3 saturated carbocycles. The van der Waals surface area contributed by atoms with Gasteiger partial charge in [-0.25, -0.2) is 0 Å². The average molecular weight is 221 g/mol. The Balaban J connectivity index is 1.69. The number of rotatable bonds is 4. The van der Waals surface area contributed by atoms with Gasteiger partial charge in [0.15, 0.2) is 0 Å². The Morgan fingerprint density at radius 2 is 1.88 bits per heavy atom. The topological polar surface area (TPSA) is 26.0 Å². The number of hydrogen-bond acceptors (Lipinski definition) is 1. The summed E-state index contributed by atoms with van der Waals surface area (Å²) in [4.78, 5) is 0. The van der Waals surface area contributed by atoms with Crippen LogP contribution in [0, 0.1) is 35.5 Å². The Hall–Kier alpha value is -0.0400. The number of fused-ring (bicyclic) bond motifs is 5. The van der Waals surface area contributed by atoms with Crippen molar-refractivity contribution in [2.45, 2.75) is 51.9 Å². The van der Waals surface area contributed by atoms with Gasteiger partial charge in [0.25, 0.3) is 0 Å². The first kappa shape index (κ1) is 11.1. The molecule has 6 atom stereocenters. The minimum atomic E-state index is 0.920. The molecule has 2 bridgehead atoms. The highest BCUT2D eigenvalue weighted by Crippen LogP contribution is 2.63. The molecule has 0 amide bonds. The summed E-state index contributed by atoms with van der Waals surface area (Å²) in [6.45, 7) is 3.28. The van der Waals surface area contributed by atoms with Gasteiger partial charge in [-0.1, -0.05) is 19.8 Å². The van der Waals surface area contributed by atoms with Crippen molar-refractivity contribution in [3.8, 4) is 0 Å². The lowest BCUT2D eigenvalue weighted by molar-refractivity contribution is 0.152. The minimum Gasteiger partial charge on any atom is -0.330 e. The molecule has 0 spiro atoms. The van der Waals surface area contributed by atoms with Gasteiger partial charge in [0.1, 0.15) is 0 Å². The van der Waals surface area contributed by atoms with E-state index < -0.39 is 0 Å². The van der Waals surface area contributed by atoms with Crippen molar-refractivity contribution >= 4 is 0 Å². The third kappa shape index (κ3) is 1.54.